The fraction of sp³-hybridized carbons (Fsp3) is 0.353. The Morgan fingerprint density at radius 3 is 2.96 bits per heavy atom. The van der Waals surface area contributed by atoms with Crippen LogP contribution in [0.2, 0.25) is 0 Å². The number of ether oxygens (including phenoxy) is 2. The van der Waals surface area contributed by atoms with E-state index in [2.05, 4.69) is 26.1 Å². The van der Waals surface area contributed by atoms with E-state index >= 15 is 0 Å². The molecule has 0 bridgehead atoms. The Labute approximate surface area is 139 Å². The van der Waals surface area contributed by atoms with Crippen LogP contribution in [0.25, 0.3) is 5.65 Å². The molecule has 1 aliphatic heterocycles. The second-order valence-electron chi connectivity index (χ2n) is 5.77. The first-order valence-corrected chi connectivity index (χ1v) is 7.94. The van der Waals surface area contributed by atoms with Gasteiger partial charge in [0.2, 0.25) is 5.65 Å². The van der Waals surface area contributed by atoms with Crippen LogP contribution < -0.4 is 14.4 Å². The zero-order chi connectivity index (χ0) is 16.5. The predicted octanol–water partition coefficient (Wildman–Crippen LogP) is 2.48. The lowest BCUT2D eigenvalue weighted by molar-refractivity contribution is 0.388. The van der Waals surface area contributed by atoms with Crippen LogP contribution in [-0.4, -0.2) is 40.3 Å². The lowest BCUT2D eigenvalue weighted by atomic mass is 10.0. The maximum absolute atomic E-state index is 5.60. The Morgan fingerprint density at radius 1 is 1.21 bits per heavy atom. The van der Waals surface area contributed by atoms with Crippen molar-refractivity contribution in [1.29, 1.82) is 0 Å². The molecule has 24 heavy (non-hydrogen) atoms. The number of benzene rings is 1. The molecule has 0 saturated carbocycles. The zero-order valence-electron chi connectivity index (χ0n) is 13.7. The third-order valence-electron chi connectivity index (χ3n) is 4.52. The van der Waals surface area contributed by atoms with Crippen molar-refractivity contribution in [2.45, 2.75) is 18.9 Å². The van der Waals surface area contributed by atoms with Gasteiger partial charge in [0.15, 0.2) is 5.82 Å². The molecule has 1 saturated heterocycles. The van der Waals surface area contributed by atoms with Crippen LogP contribution in [0, 0.1) is 0 Å². The lowest BCUT2D eigenvalue weighted by Crippen LogP contribution is -2.24. The van der Waals surface area contributed by atoms with Gasteiger partial charge in [-0.25, -0.2) is 4.98 Å². The number of aromatic nitrogens is 4. The highest BCUT2D eigenvalue weighted by molar-refractivity contribution is 5.65. The molecule has 1 atom stereocenters. The minimum absolute atomic E-state index is 0.196. The summed E-state index contributed by atoms with van der Waals surface area (Å²) in [6.07, 6.45) is 7.47. The van der Waals surface area contributed by atoms with E-state index in [1.165, 1.54) is 0 Å². The van der Waals surface area contributed by atoms with E-state index in [9.17, 15) is 0 Å². The fourth-order valence-electron chi connectivity index (χ4n) is 3.39. The van der Waals surface area contributed by atoms with E-state index in [0.717, 1.165) is 47.9 Å². The molecule has 0 spiro atoms. The van der Waals surface area contributed by atoms with Crippen molar-refractivity contribution < 1.29 is 9.47 Å². The Morgan fingerprint density at radius 2 is 2.12 bits per heavy atom. The van der Waals surface area contributed by atoms with E-state index in [4.69, 9.17) is 9.47 Å². The van der Waals surface area contributed by atoms with Gasteiger partial charge in [-0.2, -0.15) is 0 Å². The summed E-state index contributed by atoms with van der Waals surface area (Å²) >= 11 is 0. The van der Waals surface area contributed by atoms with E-state index in [1.807, 2.05) is 22.7 Å². The molecule has 0 unspecified atom stereocenters. The highest BCUT2D eigenvalue weighted by Gasteiger charge is 2.31. The molecule has 1 aliphatic rings. The molecular weight excluding hydrogens is 306 g/mol. The van der Waals surface area contributed by atoms with Gasteiger partial charge in [-0.1, -0.05) is 0 Å². The molecule has 7 nitrogen and oxygen atoms in total. The lowest BCUT2D eigenvalue weighted by Gasteiger charge is -2.27. The number of anilines is 1. The molecular formula is C17H19N5O2. The van der Waals surface area contributed by atoms with Crippen molar-refractivity contribution in [2.24, 2.45) is 0 Å². The fourth-order valence-corrected chi connectivity index (χ4v) is 3.39. The third kappa shape index (κ3) is 2.33. The van der Waals surface area contributed by atoms with Crippen molar-refractivity contribution in [3.63, 3.8) is 0 Å². The average Bonchev–Trinajstić information content (AvgIpc) is 3.29. The molecule has 3 heterocycles. The Balaban J connectivity index is 1.77. The van der Waals surface area contributed by atoms with Crippen LogP contribution in [0.3, 0.4) is 0 Å². The predicted molar refractivity (Wildman–Crippen MR) is 89.6 cm³/mol. The van der Waals surface area contributed by atoms with Crippen LogP contribution >= 0.6 is 0 Å². The van der Waals surface area contributed by atoms with E-state index in [-0.39, 0.29) is 6.04 Å². The van der Waals surface area contributed by atoms with Crippen LogP contribution in [0.5, 0.6) is 11.5 Å². The first-order valence-electron chi connectivity index (χ1n) is 7.94. The maximum Gasteiger partial charge on any atom is 0.203 e. The van der Waals surface area contributed by atoms with Crippen molar-refractivity contribution in [1.82, 2.24) is 19.6 Å². The quantitative estimate of drug-likeness (QED) is 0.734. The molecule has 7 heteroatoms. The summed E-state index contributed by atoms with van der Waals surface area (Å²) < 4.78 is 12.8. The summed E-state index contributed by atoms with van der Waals surface area (Å²) in [6.45, 7) is 0.930. The minimum Gasteiger partial charge on any atom is -0.497 e. The van der Waals surface area contributed by atoms with Crippen LogP contribution in [0.1, 0.15) is 24.4 Å². The normalized spacial score (nSPS) is 17.4. The smallest absolute Gasteiger partial charge is 0.203 e. The first-order chi connectivity index (χ1) is 11.8. The molecule has 1 fully saturated rings. The topological polar surface area (TPSA) is 64.8 Å². The maximum atomic E-state index is 5.60. The van der Waals surface area contributed by atoms with Crippen molar-refractivity contribution in [3.05, 3.63) is 42.5 Å². The van der Waals surface area contributed by atoms with Crippen LogP contribution in [0.4, 0.5) is 5.82 Å². The molecule has 124 valence electrons. The van der Waals surface area contributed by atoms with Crippen molar-refractivity contribution in [2.75, 3.05) is 25.7 Å². The molecule has 0 radical (unpaired) electrons. The van der Waals surface area contributed by atoms with Gasteiger partial charge >= 0.3 is 0 Å². The number of methoxy groups -OCH3 is 2. The molecule has 1 aromatic carbocycles. The zero-order valence-corrected chi connectivity index (χ0v) is 13.7. The second-order valence-corrected chi connectivity index (χ2v) is 5.77. The van der Waals surface area contributed by atoms with Crippen LogP contribution in [0.15, 0.2) is 36.9 Å². The highest BCUT2D eigenvalue weighted by Crippen LogP contribution is 2.41. The summed E-state index contributed by atoms with van der Waals surface area (Å²) in [4.78, 5) is 6.85. The molecule has 4 rings (SSSR count). The average molecular weight is 325 g/mol. The number of fused-ring (bicyclic) bond motifs is 1. The van der Waals surface area contributed by atoms with Crippen molar-refractivity contribution >= 4 is 11.5 Å². The van der Waals surface area contributed by atoms with Gasteiger partial charge in [0, 0.05) is 30.6 Å². The Kier molecular flexibility index (Phi) is 3.68. The van der Waals surface area contributed by atoms with E-state index in [1.54, 1.807) is 26.7 Å². The summed E-state index contributed by atoms with van der Waals surface area (Å²) in [5, 5.41) is 8.21. The van der Waals surface area contributed by atoms with E-state index < -0.39 is 0 Å². The number of hydrogen-bond donors (Lipinski definition) is 0. The van der Waals surface area contributed by atoms with Gasteiger partial charge in [-0.3, -0.25) is 4.40 Å². The summed E-state index contributed by atoms with van der Waals surface area (Å²) in [5.74, 6) is 2.48. The van der Waals surface area contributed by atoms with Gasteiger partial charge < -0.3 is 14.4 Å². The van der Waals surface area contributed by atoms with Gasteiger partial charge in [0.05, 0.1) is 20.3 Å². The standard InChI is InChI=1S/C17H19N5O2/c1-23-12-5-6-13(15(10-12)24-2)14-4-3-8-22(14)16-17-20-19-11-21(17)9-7-18-16/h5-7,9-11,14H,3-4,8H2,1-2H3/t14-/m0/s1. The Hall–Kier alpha value is -2.83. The SMILES string of the molecule is COc1ccc([C@@H]2CCCN2c2nccn3cnnc23)c(OC)c1. The highest BCUT2D eigenvalue weighted by atomic mass is 16.5. The van der Waals surface area contributed by atoms with E-state index in [0.29, 0.717) is 0 Å². The molecule has 0 aliphatic carbocycles. The monoisotopic (exact) mass is 325 g/mol. The minimum atomic E-state index is 0.196. The first kappa shape index (κ1) is 14.7. The summed E-state index contributed by atoms with van der Waals surface area (Å²) in [5.41, 5.74) is 1.91. The number of rotatable bonds is 4. The molecule has 0 N–H and O–H groups in total. The summed E-state index contributed by atoms with van der Waals surface area (Å²) in [7, 11) is 3.35. The van der Waals surface area contributed by atoms with Gasteiger partial charge in [-0.15, -0.1) is 10.2 Å². The second kappa shape index (κ2) is 5.99. The number of hydrogen-bond acceptors (Lipinski definition) is 6. The van der Waals surface area contributed by atoms with Crippen LogP contribution in [-0.2, 0) is 0 Å². The summed E-state index contributed by atoms with van der Waals surface area (Å²) in [6, 6.07) is 6.17. The molecule has 0 amide bonds. The van der Waals surface area contributed by atoms with Gasteiger partial charge in [0.25, 0.3) is 0 Å². The number of nitrogens with zero attached hydrogens (tertiary/aromatic N) is 5. The molecule has 3 aromatic rings. The molecule has 2 aromatic heterocycles. The van der Waals surface area contributed by atoms with Gasteiger partial charge in [0.1, 0.15) is 17.8 Å². The van der Waals surface area contributed by atoms with Crippen molar-refractivity contribution in [3.8, 4) is 11.5 Å². The largest absolute Gasteiger partial charge is 0.497 e. The Bertz CT molecular complexity index is 863. The third-order valence-corrected chi connectivity index (χ3v) is 4.52. The van der Waals surface area contributed by atoms with Gasteiger partial charge in [-0.05, 0) is 25.0 Å².